The summed E-state index contributed by atoms with van der Waals surface area (Å²) >= 11 is 0. The average Bonchev–Trinajstić information content (AvgIpc) is 3.47. The molecule has 2 aromatic carbocycles. The minimum Gasteiger partial charge on any atom is -0.493 e. The molecule has 4 aliphatic rings. The van der Waals surface area contributed by atoms with E-state index in [-0.39, 0.29) is 42.5 Å². The number of ether oxygens (including phenoxy) is 1. The van der Waals surface area contributed by atoms with Gasteiger partial charge in [0, 0.05) is 55.0 Å². The molecule has 1 aliphatic heterocycles. The second-order valence-electron chi connectivity index (χ2n) is 17.2. The summed E-state index contributed by atoms with van der Waals surface area (Å²) in [5.74, 6) is 1.07. The topological polar surface area (TPSA) is 127 Å². The van der Waals surface area contributed by atoms with Gasteiger partial charge in [0.05, 0.1) is 31.9 Å². The highest BCUT2D eigenvalue weighted by molar-refractivity contribution is 5.97. The van der Waals surface area contributed by atoms with E-state index in [2.05, 4.69) is 42.4 Å². The Morgan fingerprint density at radius 1 is 1.13 bits per heavy atom. The van der Waals surface area contributed by atoms with Crippen LogP contribution in [0.15, 0.2) is 48.0 Å². The second-order valence-corrected chi connectivity index (χ2v) is 17.2. The fraction of sp³-hybridized carbons (Fsp3) is 0.628. The molecule has 9 atom stereocenters. The number of nitrogens with one attached hydrogen (secondary N) is 2. The van der Waals surface area contributed by atoms with E-state index in [1.54, 1.807) is 12.0 Å². The van der Waals surface area contributed by atoms with Crippen molar-refractivity contribution in [1.82, 2.24) is 20.6 Å². The van der Waals surface area contributed by atoms with Crippen LogP contribution in [-0.2, 0) is 16.2 Å². The normalized spacial score (nSPS) is 27.1. The maximum absolute atomic E-state index is 14.3. The van der Waals surface area contributed by atoms with Crippen LogP contribution >= 0.6 is 0 Å². The summed E-state index contributed by atoms with van der Waals surface area (Å²) in [7, 11) is 7.87. The molecule has 0 aromatic heterocycles. The number of nitrogens with zero attached hydrogens (tertiary/aromatic N) is 3. The molecule has 0 unspecified atom stereocenters. The Morgan fingerprint density at radius 2 is 1.85 bits per heavy atom. The SMILES string of the molecule is CCOc1c(CN2O[C@@H](CO)[C@@H]([C@H](C)O)[C@H]2C(=O)N[C@H]2C[C@H]3C[C@@H]([C@@H]2C)C3(C)C)cccc1-c1cc(C(=O)N[C@H](C=C(C)C)CN(C)C)cc(N(C)C)c1. The Hall–Kier alpha value is -3.48. The molecule has 3 aliphatic carbocycles. The van der Waals surface area contributed by atoms with Crippen LogP contribution in [0.2, 0.25) is 0 Å². The van der Waals surface area contributed by atoms with Gasteiger partial charge in [-0.05, 0) is 102 Å². The van der Waals surface area contributed by atoms with Crippen LogP contribution in [-0.4, -0.2) is 110 Å². The zero-order valence-electron chi connectivity index (χ0n) is 34.3. The number of likely N-dealkylation sites (N-methyl/N-ethyl adjacent to an activating group) is 1. The molecule has 1 heterocycles. The number of aliphatic hydroxyl groups is 2. The summed E-state index contributed by atoms with van der Waals surface area (Å²) in [4.78, 5) is 38.5. The zero-order valence-corrected chi connectivity index (χ0v) is 34.3. The van der Waals surface area contributed by atoms with E-state index in [1.807, 2.05) is 90.3 Å². The lowest BCUT2D eigenvalue weighted by Crippen LogP contribution is -2.62. The van der Waals surface area contributed by atoms with Crippen molar-refractivity contribution in [3.63, 3.8) is 0 Å². The molecule has 1 saturated heterocycles. The maximum atomic E-state index is 14.3. The number of carbonyl (C=O) groups is 2. The maximum Gasteiger partial charge on any atom is 0.251 e. The molecular weight excluding hydrogens is 683 g/mol. The summed E-state index contributed by atoms with van der Waals surface area (Å²) < 4.78 is 6.37. The van der Waals surface area contributed by atoms with Crippen molar-refractivity contribution in [3.8, 4) is 16.9 Å². The van der Waals surface area contributed by atoms with Crippen LogP contribution < -0.4 is 20.3 Å². The molecule has 6 rings (SSSR count). The molecule has 298 valence electrons. The van der Waals surface area contributed by atoms with Gasteiger partial charge in [0.25, 0.3) is 5.91 Å². The number of fused-ring (bicyclic) bond motifs is 2. The van der Waals surface area contributed by atoms with Crippen LogP contribution in [0.4, 0.5) is 5.69 Å². The first kappa shape index (κ1) is 41.7. The fourth-order valence-electron chi connectivity index (χ4n) is 9.25. The number of aliphatic hydroxyl groups excluding tert-OH is 2. The number of anilines is 1. The molecule has 54 heavy (non-hydrogen) atoms. The number of carbonyl (C=O) groups excluding carboxylic acids is 2. The lowest BCUT2D eigenvalue weighted by Gasteiger charge is -2.62. The lowest BCUT2D eigenvalue weighted by atomic mass is 9.45. The molecule has 2 aromatic rings. The molecule has 2 amide bonds. The number of rotatable bonds is 15. The Labute approximate surface area is 323 Å². The third-order valence-electron chi connectivity index (χ3n) is 12.2. The smallest absolute Gasteiger partial charge is 0.251 e. The van der Waals surface area contributed by atoms with E-state index < -0.39 is 24.2 Å². The third-order valence-corrected chi connectivity index (χ3v) is 12.2. The van der Waals surface area contributed by atoms with Gasteiger partial charge >= 0.3 is 0 Å². The number of hydrogen-bond donors (Lipinski definition) is 4. The summed E-state index contributed by atoms with van der Waals surface area (Å²) in [6.45, 7) is 15.4. The van der Waals surface area contributed by atoms with Gasteiger partial charge in [0.2, 0.25) is 5.91 Å². The molecule has 4 fully saturated rings. The van der Waals surface area contributed by atoms with Gasteiger partial charge in [-0.15, -0.1) is 0 Å². The van der Waals surface area contributed by atoms with E-state index in [1.165, 1.54) is 6.42 Å². The zero-order chi connectivity index (χ0) is 39.6. The Bertz CT molecular complexity index is 1670. The predicted molar refractivity (Wildman–Crippen MR) is 214 cm³/mol. The van der Waals surface area contributed by atoms with Crippen molar-refractivity contribution in [2.45, 2.75) is 98.2 Å². The van der Waals surface area contributed by atoms with E-state index in [0.717, 1.165) is 34.4 Å². The number of para-hydroxylation sites is 1. The van der Waals surface area contributed by atoms with E-state index in [4.69, 9.17) is 9.57 Å². The van der Waals surface area contributed by atoms with Crippen molar-refractivity contribution >= 4 is 17.5 Å². The molecule has 11 heteroatoms. The highest BCUT2D eigenvalue weighted by Gasteiger charge is 2.57. The van der Waals surface area contributed by atoms with E-state index >= 15 is 0 Å². The predicted octanol–water partition coefficient (Wildman–Crippen LogP) is 5.11. The molecule has 0 spiro atoms. The van der Waals surface area contributed by atoms with Gasteiger partial charge in [0.15, 0.2) is 0 Å². The van der Waals surface area contributed by atoms with Crippen LogP contribution in [0.1, 0.15) is 77.2 Å². The van der Waals surface area contributed by atoms with Crippen molar-refractivity contribution in [2.24, 2.45) is 29.1 Å². The number of benzene rings is 2. The van der Waals surface area contributed by atoms with Gasteiger partial charge < -0.3 is 35.4 Å². The second kappa shape index (κ2) is 17.1. The Balaban J connectivity index is 1.48. The monoisotopic (exact) mass is 747 g/mol. The number of amides is 2. The molecule has 11 nitrogen and oxygen atoms in total. The van der Waals surface area contributed by atoms with Crippen molar-refractivity contribution in [1.29, 1.82) is 0 Å². The van der Waals surface area contributed by atoms with Crippen LogP contribution in [0, 0.1) is 29.1 Å². The number of allylic oxidation sites excluding steroid dienone is 1. The first-order valence-corrected chi connectivity index (χ1v) is 19.7. The highest BCUT2D eigenvalue weighted by Crippen LogP contribution is 2.61. The molecule has 4 N–H and O–H groups in total. The molecule has 0 radical (unpaired) electrons. The average molecular weight is 748 g/mol. The lowest BCUT2D eigenvalue weighted by molar-refractivity contribution is -0.183. The van der Waals surface area contributed by atoms with Crippen LogP contribution in [0.5, 0.6) is 5.75 Å². The molecule has 2 bridgehead atoms. The van der Waals surface area contributed by atoms with Crippen LogP contribution in [0.25, 0.3) is 11.1 Å². The van der Waals surface area contributed by atoms with Crippen molar-refractivity contribution in [3.05, 3.63) is 59.2 Å². The van der Waals surface area contributed by atoms with Crippen LogP contribution in [0.3, 0.4) is 0 Å². The Morgan fingerprint density at radius 3 is 2.43 bits per heavy atom. The Kier molecular flexibility index (Phi) is 13.2. The van der Waals surface area contributed by atoms with Gasteiger partial charge in [-0.2, -0.15) is 5.06 Å². The summed E-state index contributed by atoms with van der Waals surface area (Å²) in [5.41, 5.74) is 5.18. The summed E-state index contributed by atoms with van der Waals surface area (Å²) in [6, 6.07) is 10.7. The summed E-state index contributed by atoms with van der Waals surface area (Å²) in [6.07, 6.45) is 2.55. The van der Waals surface area contributed by atoms with Gasteiger partial charge in [-0.3, -0.25) is 14.4 Å². The van der Waals surface area contributed by atoms with Crippen molar-refractivity contribution < 1.29 is 29.4 Å². The number of hydrogen-bond acceptors (Lipinski definition) is 9. The molecular formula is C43H65N5O6. The molecule has 3 saturated carbocycles. The van der Waals surface area contributed by atoms with Gasteiger partial charge in [-0.25, -0.2) is 0 Å². The standard InChI is InChI=1S/C43H65N5O6/c1-12-53-40-28(14-13-15-34(40)29-17-30(19-33(18-29)47(10)11)41(51)44-32(16-25(2)3)23-46(8)9)22-48-39(38(27(5)50)37(24-49)54-48)42(52)45-36-21-31-20-35(26(36)4)43(31,6)7/h13-19,26-27,31-32,35-39,49-50H,12,20-24H2,1-11H3,(H,44,51)(H,45,52)/t26-,27-,31+,32+,35-,36-,37-,38+,39-/m0/s1. The first-order chi connectivity index (χ1) is 25.5. The fourth-order valence-corrected chi connectivity index (χ4v) is 9.25. The quantitative estimate of drug-likeness (QED) is 0.184. The third kappa shape index (κ3) is 8.81. The van der Waals surface area contributed by atoms with Crippen molar-refractivity contribution in [2.75, 3.05) is 52.8 Å². The van der Waals surface area contributed by atoms with Gasteiger partial charge in [0.1, 0.15) is 17.9 Å². The van der Waals surface area contributed by atoms with E-state index in [9.17, 15) is 19.8 Å². The summed E-state index contributed by atoms with van der Waals surface area (Å²) in [5, 5.41) is 29.6. The van der Waals surface area contributed by atoms with Gasteiger partial charge in [-0.1, -0.05) is 50.6 Å². The largest absolute Gasteiger partial charge is 0.493 e. The highest BCUT2D eigenvalue weighted by atomic mass is 16.7. The minimum atomic E-state index is -0.899. The minimum absolute atomic E-state index is 0.0387. The first-order valence-electron chi connectivity index (χ1n) is 19.7. The van der Waals surface area contributed by atoms with E-state index in [0.29, 0.717) is 42.2 Å². The number of hydroxylamine groups is 2.